The van der Waals surface area contributed by atoms with Gasteiger partial charge in [-0.3, -0.25) is 4.79 Å². The minimum absolute atomic E-state index is 0.138. The van der Waals surface area contributed by atoms with E-state index in [4.69, 9.17) is 0 Å². The first-order valence-electron chi connectivity index (χ1n) is 5.29. The number of imidazole rings is 1. The second-order valence-electron chi connectivity index (χ2n) is 3.89. The number of rotatable bonds is 0. The normalized spacial score (nSPS) is 16.3. The molecule has 0 spiro atoms. The fraction of sp³-hybridized carbons (Fsp3) is 0.500. The van der Waals surface area contributed by atoms with Gasteiger partial charge in [0, 0.05) is 13.0 Å². The lowest BCUT2D eigenvalue weighted by molar-refractivity contribution is 0.643. The Labute approximate surface area is 86.2 Å². The van der Waals surface area contributed by atoms with E-state index in [9.17, 15) is 4.79 Å². The monoisotopic (exact) mass is 204 g/mol. The molecule has 0 bridgehead atoms. The van der Waals surface area contributed by atoms with Crippen molar-refractivity contribution in [2.45, 2.75) is 32.2 Å². The molecule has 1 N–H and O–H groups in total. The average molecular weight is 204 g/mol. The van der Waals surface area contributed by atoms with E-state index >= 15 is 0 Å². The van der Waals surface area contributed by atoms with Crippen LogP contribution in [0.2, 0.25) is 0 Å². The second-order valence-corrected chi connectivity index (χ2v) is 3.89. The number of aromatic nitrogens is 4. The van der Waals surface area contributed by atoms with Gasteiger partial charge < -0.3 is 9.55 Å². The highest BCUT2D eigenvalue weighted by Gasteiger charge is 2.15. The fourth-order valence-electron chi connectivity index (χ4n) is 2.15. The fourth-order valence-corrected chi connectivity index (χ4v) is 2.15. The van der Waals surface area contributed by atoms with E-state index in [1.54, 1.807) is 0 Å². The Kier molecular flexibility index (Phi) is 1.83. The summed E-state index contributed by atoms with van der Waals surface area (Å²) in [5.41, 5.74) is 1.07. The molecular weight excluding hydrogens is 192 g/mol. The summed E-state index contributed by atoms with van der Waals surface area (Å²) in [5, 5.41) is 0. The van der Waals surface area contributed by atoms with Crippen LogP contribution in [0.4, 0.5) is 0 Å². The third kappa shape index (κ3) is 1.26. The van der Waals surface area contributed by atoms with Crippen molar-refractivity contribution in [2.24, 2.45) is 0 Å². The van der Waals surface area contributed by atoms with Crippen molar-refractivity contribution in [3.05, 3.63) is 22.5 Å². The van der Waals surface area contributed by atoms with Crippen molar-refractivity contribution in [1.82, 2.24) is 19.5 Å². The van der Waals surface area contributed by atoms with E-state index < -0.39 is 0 Å². The highest BCUT2D eigenvalue weighted by molar-refractivity contribution is 5.69. The molecule has 0 unspecified atom stereocenters. The van der Waals surface area contributed by atoms with Crippen LogP contribution in [0, 0.1) is 0 Å². The number of aryl methyl sites for hydroxylation is 2. The summed E-state index contributed by atoms with van der Waals surface area (Å²) in [6.07, 6.45) is 5.93. The van der Waals surface area contributed by atoms with E-state index in [0.29, 0.717) is 5.52 Å². The largest absolute Gasteiger partial charge is 0.312 e. The van der Waals surface area contributed by atoms with Crippen LogP contribution in [0.1, 0.15) is 25.1 Å². The van der Waals surface area contributed by atoms with Crippen LogP contribution >= 0.6 is 0 Å². The number of nitrogens with one attached hydrogen (secondary N) is 1. The lowest BCUT2D eigenvalue weighted by Crippen LogP contribution is -2.07. The quantitative estimate of drug-likeness (QED) is 0.691. The molecule has 2 aromatic heterocycles. The van der Waals surface area contributed by atoms with Crippen molar-refractivity contribution in [2.75, 3.05) is 0 Å². The number of hydrogen-bond donors (Lipinski definition) is 1. The molecule has 78 valence electrons. The number of fused-ring (bicyclic) bond motifs is 3. The maximum Gasteiger partial charge on any atom is 0.278 e. The summed E-state index contributed by atoms with van der Waals surface area (Å²) in [6, 6.07) is 0. The molecule has 0 atom stereocenters. The first-order chi connectivity index (χ1) is 7.36. The van der Waals surface area contributed by atoms with Crippen molar-refractivity contribution >= 4 is 11.2 Å². The summed E-state index contributed by atoms with van der Waals surface area (Å²) in [6.45, 7) is 0.933. The molecule has 3 heterocycles. The van der Waals surface area contributed by atoms with Gasteiger partial charge in [0.05, 0.1) is 6.33 Å². The highest BCUT2D eigenvalue weighted by Crippen LogP contribution is 2.17. The SMILES string of the molecule is O=c1[nH]cnc2c1nc1n2CCCCC1. The van der Waals surface area contributed by atoms with Crippen molar-refractivity contribution < 1.29 is 0 Å². The molecular formula is C10H12N4O. The number of nitrogens with zero attached hydrogens (tertiary/aromatic N) is 3. The zero-order valence-corrected chi connectivity index (χ0v) is 8.36. The van der Waals surface area contributed by atoms with Gasteiger partial charge in [-0.05, 0) is 12.8 Å². The highest BCUT2D eigenvalue weighted by atomic mass is 16.1. The molecule has 2 aromatic rings. The molecule has 0 saturated heterocycles. The van der Waals surface area contributed by atoms with E-state index in [-0.39, 0.29) is 5.56 Å². The van der Waals surface area contributed by atoms with Crippen molar-refractivity contribution in [3.63, 3.8) is 0 Å². The van der Waals surface area contributed by atoms with Crippen LogP contribution in [0.15, 0.2) is 11.1 Å². The molecule has 1 aliphatic rings. The Morgan fingerprint density at radius 2 is 2.27 bits per heavy atom. The topological polar surface area (TPSA) is 63.6 Å². The van der Waals surface area contributed by atoms with Gasteiger partial charge in [-0.15, -0.1) is 0 Å². The Morgan fingerprint density at radius 3 is 3.20 bits per heavy atom. The van der Waals surface area contributed by atoms with Gasteiger partial charge in [0.25, 0.3) is 5.56 Å². The zero-order chi connectivity index (χ0) is 10.3. The summed E-state index contributed by atoms with van der Waals surface area (Å²) < 4.78 is 2.08. The lowest BCUT2D eigenvalue weighted by atomic mass is 10.2. The number of hydrogen-bond acceptors (Lipinski definition) is 3. The first-order valence-corrected chi connectivity index (χ1v) is 5.29. The van der Waals surface area contributed by atoms with Crippen LogP contribution in [0.3, 0.4) is 0 Å². The minimum Gasteiger partial charge on any atom is -0.312 e. The molecule has 0 fully saturated rings. The summed E-state index contributed by atoms with van der Waals surface area (Å²) in [4.78, 5) is 22.6. The van der Waals surface area contributed by atoms with E-state index in [1.165, 1.54) is 12.7 Å². The number of H-pyrrole nitrogens is 1. The minimum atomic E-state index is -0.138. The standard InChI is InChI=1S/C10H12N4O/c15-10-8-9(11-6-12-10)14-5-3-1-2-4-7(14)13-8/h6H,1-5H2,(H,11,12,15). The third-order valence-electron chi connectivity index (χ3n) is 2.90. The van der Waals surface area contributed by atoms with Crippen LogP contribution in [0.5, 0.6) is 0 Å². The summed E-state index contributed by atoms with van der Waals surface area (Å²) in [5.74, 6) is 1.01. The summed E-state index contributed by atoms with van der Waals surface area (Å²) in [7, 11) is 0. The lowest BCUT2D eigenvalue weighted by Gasteiger charge is -2.01. The van der Waals surface area contributed by atoms with Gasteiger partial charge in [-0.1, -0.05) is 6.42 Å². The predicted molar refractivity (Wildman–Crippen MR) is 55.7 cm³/mol. The summed E-state index contributed by atoms with van der Waals surface area (Å²) >= 11 is 0. The van der Waals surface area contributed by atoms with Gasteiger partial charge in [-0.25, -0.2) is 9.97 Å². The van der Waals surface area contributed by atoms with Crippen LogP contribution in [-0.2, 0) is 13.0 Å². The molecule has 0 radical (unpaired) electrons. The molecule has 0 amide bonds. The van der Waals surface area contributed by atoms with E-state index in [0.717, 1.165) is 37.3 Å². The van der Waals surface area contributed by atoms with Crippen molar-refractivity contribution in [3.8, 4) is 0 Å². The van der Waals surface area contributed by atoms with Gasteiger partial charge >= 0.3 is 0 Å². The van der Waals surface area contributed by atoms with Crippen LogP contribution in [0.25, 0.3) is 11.2 Å². The predicted octanol–water partition coefficient (Wildman–Crippen LogP) is 0.846. The maximum absolute atomic E-state index is 11.5. The molecule has 1 aliphatic heterocycles. The van der Waals surface area contributed by atoms with Gasteiger partial charge in [0.1, 0.15) is 5.82 Å². The average Bonchev–Trinajstić information content (AvgIpc) is 2.45. The molecule has 15 heavy (non-hydrogen) atoms. The molecule has 3 rings (SSSR count). The van der Waals surface area contributed by atoms with E-state index in [1.807, 2.05) is 0 Å². The van der Waals surface area contributed by atoms with Crippen molar-refractivity contribution in [1.29, 1.82) is 0 Å². The smallest absolute Gasteiger partial charge is 0.278 e. The molecule has 0 aliphatic carbocycles. The second kappa shape index (κ2) is 3.18. The van der Waals surface area contributed by atoms with Gasteiger partial charge in [0.2, 0.25) is 0 Å². The molecule has 5 nitrogen and oxygen atoms in total. The maximum atomic E-state index is 11.5. The molecule has 5 heteroatoms. The Bertz CT molecular complexity index is 554. The van der Waals surface area contributed by atoms with Crippen LogP contribution < -0.4 is 5.56 Å². The van der Waals surface area contributed by atoms with Gasteiger partial charge in [0.15, 0.2) is 11.2 Å². The first kappa shape index (κ1) is 8.64. The molecule has 0 saturated carbocycles. The van der Waals surface area contributed by atoms with E-state index in [2.05, 4.69) is 19.5 Å². The Morgan fingerprint density at radius 1 is 1.33 bits per heavy atom. The third-order valence-corrected chi connectivity index (χ3v) is 2.90. The Balaban J connectivity index is 2.32. The number of aromatic amines is 1. The van der Waals surface area contributed by atoms with Gasteiger partial charge in [-0.2, -0.15) is 0 Å². The zero-order valence-electron chi connectivity index (χ0n) is 8.36. The van der Waals surface area contributed by atoms with Crippen LogP contribution in [-0.4, -0.2) is 19.5 Å². The Hall–Kier alpha value is -1.65. The molecule has 0 aromatic carbocycles.